The standard InChI is InChI=1S/C14H20N4OS/c1-2-11-9-12-13(15-10-16-14(12)20-11)18-5-3-17(4-6-18)7-8-19/h9-10,19H,2-8H2,1H3/p+1. The zero-order valence-corrected chi connectivity index (χ0v) is 12.6. The number of aliphatic hydroxyl groups excluding tert-OH is 1. The third kappa shape index (κ3) is 2.63. The number of quaternary nitrogens is 1. The van der Waals surface area contributed by atoms with Crippen LogP contribution in [0.5, 0.6) is 0 Å². The maximum atomic E-state index is 9.02. The molecule has 6 heteroatoms. The number of anilines is 1. The number of rotatable bonds is 4. The largest absolute Gasteiger partial charge is 0.391 e. The van der Waals surface area contributed by atoms with E-state index in [1.54, 1.807) is 17.7 Å². The quantitative estimate of drug-likeness (QED) is 0.830. The van der Waals surface area contributed by atoms with Gasteiger partial charge in [-0.3, -0.25) is 0 Å². The van der Waals surface area contributed by atoms with E-state index in [1.165, 1.54) is 15.2 Å². The predicted molar refractivity (Wildman–Crippen MR) is 81.7 cm³/mol. The number of hydrogen-bond donors (Lipinski definition) is 2. The van der Waals surface area contributed by atoms with E-state index in [2.05, 4.69) is 27.9 Å². The summed E-state index contributed by atoms with van der Waals surface area (Å²) in [7, 11) is 0. The lowest BCUT2D eigenvalue weighted by atomic mass is 10.2. The second-order valence-electron chi connectivity index (χ2n) is 5.19. The van der Waals surface area contributed by atoms with Gasteiger partial charge in [-0.1, -0.05) is 6.92 Å². The molecule has 2 N–H and O–H groups in total. The fourth-order valence-corrected chi connectivity index (χ4v) is 3.69. The summed E-state index contributed by atoms with van der Waals surface area (Å²) < 4.78 is 0. The molecule has 5 nitrogen and oxygen atoms in total. The number of fused-ring (bicyclic) bond motifs is 1. The molecule has 1 aliphatic heterocycles. The molecule has 0 bridgehead atoms. The summed E-state index contributed by atoms with van der Waals surface area (Å²) in [4.78, 5) is 15.2. The Kier molecular flexibility index (Phi) is 4.14. The highest BCUT2D eigenvalue weighted by molar-refractivity contribution is 7.18. The van der Waals surface area contributed by atoms with Crippen molar-refractivity contribution in [2.75, 3.05) is 44.2 Å². The van der Waals surface area contributed by atoms with Gasteiger partial charge in [-0.05, 0) is 12.5 Å². The van der Waals surface area contributed by atoms with Crippen LogP contribution < -0.4 is 9.80 Å². The van der Waals surface area contributed by atoms with Crippen molar-refractivity contribution >= 4 is 27.4 Å². The van der Waals surface area contributed by atoms with Crippen LogP contribution in [-0.4, -0.2) is 54.4 Å². The van der Waals surface area contributed by atoms with Crippen molar-refractivity contribution < 1.29 is 10.0 Å². The molecular weight excluding hydrogens is 272 g/mol. The van der Waals surface area contributed by atoms with Crippen LogP contribution in [0.4, 0.5) is 5.82 Å². The molecule has 2 aromatic heterocycles. The molecule has 0 spiro atoms. The molecule has 3 heterocycles. The number of aryl methyl sites for hydroxylation is 1. The third-order valence-electron chi connectivity index (χ3n) is 3.94. The van der Waals surface area contributed by atoms with Gasteiger partial charge in [0.1, 0.15) is 23.5 Å². The first-order valence-electron chi connectivity index (χ1n) is 7.24. The highest BCUT2D eigenvalue weighted by Gasteiger charge is 2.22. The Hall–Kier alpha value is -1.24. The number of thiophene rings is 1. The molecule has 0 aromatic carbocycles. The molecule has 0 aliphatic carbocycles. The van der Waals surface area contributed by atoms with Crippen molar-refractivity contribution in [1.82, 2.24) is 9.97 Å². The number of nitrogens with one attached hydrogen (secondary N) is 1. The fraction of sp³-hybridized carbons (Fsp3) is 0.571. The lowest BCUT2D eigenvalue weighted by Crippen LogP contribution is -3.15. The first-order valence-corrected chi connectivity index (χ1v) is 8.06. The van der Waals surface area contributed by atoms with Gasteiger partial charge < -0.3 is 14.9 Å². The van der Waals surface area contributed by atoms with Crippen molar-refractivity contribution in [1.29, 1.82) is 0 Å². The van der Waals surface area contributed by atoms with Crippen molar-refractivity contribution in [3.05, 3.63) is 17.3 Å². The molecule has 1 fully saturated rings. The summed E-state index contributed by atoms with van der Waals surface area (Å²) in [5, 5.41) is 10.2. The predicted octanol–water partition coefficient (Wildman–Crippen LogP) is -0.0491. The molecule has 2 aromatic rings. The Balaban J connectivity index is 1.82. The monoisotopic (exact) mass is 293 g/mol. The maximum Gasteiger partial charge on any atom is 0.141 e. The molecule has 0 amide bonds. The lowest BCUT2D eigenvalue weighted by Gasteiger charge is -2.32. The van der Waals surface area contributed by atoms with Crippen molar-refractivity contribution in [3.63, 3.8) is 0 Å². The second kappa shape index (κ2) is 6.03. The van der Waals surface area contributed by atoms with Gasteiger partial charge in [-0.2, -0.15) is 0 Å². The normalized spacial score (nSPS) is 17.0. The molecule has 1 aliphatic rings. The van der Waals surface area contributed by atoms with Crippen LogP contribution in [0.1, 0.15) is 11.8 Å². The van der Waals surface area contributed by atoms with E-state index >= 15 is 0 Å². The van der Waals surface area contributed by atoms with Crippen molar-refractivity contribution in [2.45, 2.75) is 13.3 Å². The average Bonchev–Trinajstić information content (AvgIpc) is 2.91. The Morgan fingerprint density at radius 2 is 2.15 bits per heavy atom. The first-order chi connectivity index (χ1) is 9.81. The number of piperazine rings is 1. The maximum absolute atomic E-state index is 9.02. The molecule has 3 rings (SSSR count). The van der Waals surface area contributed by atoms with Gasteiger partial charge in [0.15, 0.2) is 0 Å². The zero-order chi connectivity index (χ0) is 13.9. The van der Waals surface area contributed by atoms with Crippen LogP contribution in [0.3, 0.4) is 0 Å². The van der Waals surface area contributed by atoms with E-state index in [0.717, 1.165) is 49.8 Å². The van der Waals surface area contributed by atoms with Gasteiger partial charge in [-0.15, -0.1) is 11.3 Å². The second-order valence-corrected chi connectivity index (χ2v) is 6.31. The SMILES string of the molecule is CCc1cc2c(N3CC[NH+](CCO)CC3)ncnc2s1. The van der Waals surface area contributed by atoms with Crippen LogP contribution in [0, 0.1) is 0 Å². The molecule has 0 atom stereocenters. The van der Waals surface area contributed by atoms with Crippen LogP contribution in [0.15, 0.2) is 12.4 Å². The Morgan fingerprint density at radius 3 is 2.85 bits per heavy atom. The van der Waals surface area contributed by atoms with Crippen LogP contribution in [0.25, 0.3) is 10.2 Å². The summed E-state index contributed by atoms with van der Waals surface area (Å²) in [6.07, 6.45) is 2.73. The fourth-order valence-electron chi connectivity index (χ4n) is 2.76. The summed E-state index contributed by atoms with van der Waals surface area (Å²) in [6, 6.07) is 2.24. The summed E-state index contributed by atoms with van der Waals surface area (Å²) >= 11 is 1.77. The Morgan fingerprint density at radius 1 is 1.35 bits per heavy atom. The number of aromatic nitrogens is 2. The van der Waals surface area contributed by atoms with Gasteiger partial charge in [0.05, 0.1) is 38.2 Å². The van der Waals surface area contributed by atoms with Crippen LogP contribution in [0.2, 0.25) is 0 Å². The highest BCUT2D eigenvalue weighted by atomic mass is 32.1. The van der Waals surface area contributed by atoms with E-state index in [4.69, 9.17) is 5.11 Å². The average molecular weight is 293 g/mol. The lowest BCUT2D eigenvalue weighted by molar-refractivity contribution is -0.900. The van der Waals surface area contributed by atoms with Gasteiger partial charge >= 0.3 is 0 Å². The van der Waals surface area contributed by atoms with Gasteiger partial charge in [0.2, 0.25) is 0 Å². The molecule has 0 unspecified atom stereocenters. The van der Waals surface area contributed by atoms with Gasteiger partial charge in [0, 0.05) is 4.88 Å². The topological polar surface area (TPSA) is 53.7 Å². The smallest absolute Gasteiger partial charge is 0.141 e. The summed E-state index contributed by atoms with van der Waals surface area (Å²) in [5.41, 5.74) is 0. The molecule has 0 saturated carbocycles. The van der Waals surface area contributed by atoms with E-state index in [0.29, 0.717) is 0 Å². The van der Waals surface area contributed by atoms with Gasteiger partial charge in [0.25, 0.3) is 0 Å². The van der Waals surface area contributed by atoms with E-state index < -0.39 is 0 Å². The van der Waals surface area contributed by atoms with Gasteiger partial charge in [-0.25, -0.2) is 9.97 Å². The minimum Gasteiger partial charge on any atom is -0.391 e. The van der Waals surface area contributed by atoms with E-state index in [9.17, 15) is 0 Å². The van der Waals surface area contributed by atoms with Crippen molar-refractivity contribution in [2.24, 2.45) is 0 Å². The number of hydrogen-bond acceptors (Lipinski definition) is 5. The number of nitrogens with zero attached hydrogens (tertiary/aromatic N) is 3. The van der Waals surface area contributed by atoms with Crippen LogP contribution >= 0.6 is 11.3 Å². The van der Waals surface area contributed by atoms with Crippen LogP contribution in [-0.2, 0) is 6.42 Å². The molecule has 1 saturated heterocycles. The third-order valence-corrected chi connectivity index (χ3v) is 5.13. The summed E-state index contributed by atoms with van der Waals surface area (Å²) in [5.74, 6) is 1.08. The van der Waals surface area contributed by atoms with Crippen molar-refractivity contribution in [3.8, 4) is 0 Å². The van der Waals surface area contributed by atoms with E-state index in [1.807, 2.05) is 0 Å². The molecule has 0 radical (unpaired) electrons. The highest BCUT2D eigenvalue weighted by Crippen LogP contribution is 2.30. The minimum absolute atomic E-state index is 0.275. The minimum atomic E-state index is 0.275. The molecule has 20 heavy (non-hydrogen) atoms. The molecular formula is C14H21N4OS+. The Labute approximate surface area is 122 Å². The molecule has 108 valence electrons. The van der Waals surface area contributed by atoms with E-state index in [-0.39, 0.29) is 6.61 Å². The summed E-state index contributed by atoms with van der Waals surface area (Å²) in [6.45, 7) is 7.43. The number of aliphatic hydroxyl groups is 1. The first kappa shape index (κ1) is 13.7. The Bertz CT molecular complexity index is 578. The zero-order valence-electron chi connectivity index (χ0n) is 11.8.